The van der Waals surface area contributed by atoms with Crippen molar-refractivity contribution in [2.45, 2.75) is 26.9 Å². The van der Waals surface area contributed by atoms with Crippen molar-refractivity contribution in [2.75, 3.05) is 7.05 Å². The second kappa shape index (κ2) is 8.95. The number of aromatic nitrogens is 3. The molecule has 3 rings (SSSR count). The van der Waals surface area contributed by atoms with Crippen molar-refractivity contribution in [3.63, 3.8) is 0 Å². The highest BCUT2D eigenvalue weighted by Gasteiger charge is 2.06. The molecule has 134 valence electrons. The van der Waals surface area contributed by atoms with Crippen molar-refractivity contribution >= 4 is 62.9 Å². The minimum Gasteiger partial charge on any atom is -0.351 e. The standard InChI is InChI=1S/C16H19BrN6S.HI/c1-10-11(2)24-15(21-10)7-20-16(18-3)19-6-13-9-23-8-12(17)4-5-14(23)22-13;/h4-5,8-9H,6-7H2,1-3H3,(H2,18,19,20);1H. The van der Waals surface area contributed by atoms with E-state index in [1.807, 2.05) is 35.9 Å². The van der Waals surface area contributed by atoms with Gasteiger partial charge in [0.2, 0.25) is 0 Å². The van der Waals surface area contributed by atoms with Gasteiger partial charge in [0.05, 0.1) is 24.5 Å². The van der Waals surface area contributed by atoms with Gasteiger partial charge >= 0.3 is 0 Å². The Hall–Kier alpha value is -1.20. The number of imidazole rings is 1. The van der Waals surface area contributed by atoms with Crippen LogP contribution in [0.2, 0.25) is 0 Å². The first-order chi connectivity index (χ1) is 11.5. The van der Waals surface area contributed by atoms with Crippen molar-refractivity contribution in [1.82, 2.24) is 25.0 Å². The predicted octanol–water partition coefficient (Wildman–Crippen LogP) is 3.65. The van der Waals surface area contributed by atoms with E-state index in [1.165, 1.54) is 4.88 Å². The van der Waals surface area contributed by atoms with Crippen molar-refractivity contribution < 1.29 is 0 Å². The van der Waals surface area contributed by atoms with E-state index in [4.69, 9.17) is 0 Å². The normalized spacial score (nSPS) is 11.4. The van der Waals surface area contributed by atoms with E-state index >= 15 is 0 Å². The summed E-state index contributed by atoms with van der Waals surface area (Å²) in [4.78, 5) is 14.6. The summed E-state index contributed by atoms with van der Waals surface area (Å²) in [7, 11) is 1.76. The summed E-state index contributed by atoms with van der Waals surface area (Å²) in [6.45, 7) is 5.39. The molecule has 2 N–H and O–H groups in total. The van der Waals surface area contributed by atoms with Gasteiger partial charge in [0.15, 0.2) is 5.96 Å². The van der Waals surface area contributed by atoms with E-state index in [2.05, 4.69) is 48.4 Å². The summed E-state index contributed by atoms with van der Waals surface area (Å²) in [5, 5.41) is 7.63. The number of aryl methyl sites for hydroxylation is 2. The molecule has 0 radical (unpaired) electrons. The molecule has 0 bridgehead atoms. The van der Waals surface area contributed by atoms with Crippen LogP contribution in [0.15, 0.2) is 34.0 Å². The Labute approximate surface area is 176 Å². The van der Waals surface area contributed by atoms with Gasteiger partial charge in [-0.15, -0.1) is 35.3 Å². The molecule has 0 fully saturated rings. The minimum absolute atomic E-state index is 0. The summed E-state index contributed by atoms with van der Waals surface area (Å²) in [6.07, 6.45) is 4.00. The Morgan fingerprint density at radius 3 is 2.64 bits per heavy atom. The molecule has 0 amide bonds. The maximum atomic E-state index is 4.58. The fraction of sp³-hybridized carbons (Fsp3) is 0.312. The van der Waals surface area contributed by atoms with Crippen LogP contribution in [-0.2, 0) is 13.1 Å². The average molecular weight is 535 g/mol. The number of rotatable bonds is 4. The number of hydrogen-bond acceptors (Lipinski definition) is 4. The second-order valence-corrected chi connectivity index (χ2v) is 7.58. The SMILES string of the molecule is CN=C(NCc1cn2cc(Br)ccc2n1)NCc1nc(C)c(C)s1.I. The Balaban J connectivity index is 0.00000225. The lowest BCUT2D eigenvalue weighted by atomic mass is 10.4. The molecule has 9 heteroatoms. The molecule has 0 aliphatic heterocycles. The van der Waals surface area contributed by atoms with Crippen LogP contribution in [-0.4, -0.2) is 27.4 Å². The van der Waals surface area contributed by atoms with Gasteiger partial charge in [-0.1, -0.05) is 0 Å². The smallest absolute Gasteiger partial charge is 0.191 e. The number of halogens is 2. The second-order valence-electron chi connectivity index (χ2n) is 5.37. The predicted molar refractivity (Wildman–Crippen MR) is 117 cm³/mol. The van der Waals surface area contributed by atoms with Gasteiger partial charge in [-0.25, -0.2) is 9.97 Å². The summed E-state index contributed by atoms with van der Waals surface area (Å²) in [5.41, 5.74) is 2.97. The molecule has 6 nitrogen and oxygen atoms in total. The van der Waals surface area contributed by atoms with E-state index in [-0.39, 0.29) is 24.0 Å². The van der Waals surface area contributed by atoms with E-state index in [9.17, 15) is 0 Å². The van der Waals surface area contributed by atoms with Gasteiger partial charge < -0.3 is 15.0 Å². The Bertz CT molecular complexity index is 869. The molecular formula is C16H20BrIN6S. The minimum atomic E-state index is 0. The number of nitrogens with one attached hydrogen (secondary N) is 2. The average Bonchev–Trinajstić information content (AvgIpc) is 3.10. The van der Waals surface area contributed by atoms with E-state index in [1.54, 1.807) is 18.4 Å². The molecule has 0 spiro atoms. The zero-order chi connectivity index (χ0) is 17.1. The summed E-state index contributed by atoms with van der Waals surface area (Å²) < 4.78 is 3.02. The van der Waals surface area contributed by atoms with Crippen LogP contribution in [0.1, 0.15) is 21.3 Å². The van der Waals surface area contributed by atoms with Crippen LogP contribution < -0.4 is 10.6 Å². The van der Waals surface area contributed by atoms with Crippen molar-refractivity contribution in [2.24, 2.45) is 4.99 Å². The molecular weight excluding hydrogens is 515 g/mol. The lowest BCUT2D eigenvalue weighted by Gasteiger charge is -2.09. The molecule has 3 heterocycles. The molecule has 0 atom stereocenters. The molecule has 0 saturated heterocycles. The third kappa shape index (κ3) is 5.14. The third-order valence-corrected chi connectivity index (χ3v) is 5.15. The molecule has 0 saturated carbocycles. The van der Waals surface area contributed by atoms with Crippen molar-refractivity contribution in [1.29, 1.82) is 0 Å². The lowest BCUT2D eigenvalue weighted by molar-refractivity contribution is 0.794. The number of thiazole rings is 1. The van der Waals surface area contributed by atoms with Crippen LogP contribution >= 0.6 is 51.2 Å². The topological polar surface area (TPSA) is 66.6 Å². The zero-order valence-corrected chi connectivity index (χ0v) is 18.9. The van der Waals surface area contributed by atoms with Crippen LogP contribution in [0, 0.1) is 13.8 Å². The van der Waals surface area contributed by atoms with Crippen LogP contribution in [0.4, 0.5) is 0 Å². The number of pyridine rings is 1. The van der Waals surface area contributed by atoms with Crippen molar-refractivity contribution in [3.05, 3.63) is 50.3 Å². The maximum Gasteiger partial charge on any atom is 0.191 e. The number of fused-ring (bicyclic) bond motifs is 1. The van der Waals surface area contributed by atoms with Gasteiger partial charge in [-0.3, -0.25) is 4.99 Å². The molecule has 0 aliphatic carbocycles. The zero-order valence-electron chi connectivity index (χ0n) is 14.2. The molecule has 3 aromatic heterocycles. The van der Waals surface area contributed by atoms with E-state index < -0.39 is 0 Å². The molecule has 0 unspecified atom stereocenters. The summed E-state index contributed by atoms with van der Waals surface area (Å²) >= 11 is 5.18. The number of aliphatic imine (C=N–C) groups is 1. The quantitative estimate of drug-likeness (QED) is 0.304. The molecule has 25 heavy (non-hydrogen) atoms. The summed E-state index contributed by atoms with van der Waals surface area (Å²) in [5.74, 6) is 0.735. The maximum absolute atomic E-state index is 4.58. The van der Waals surface area contributed by atoms with E-state index in [0.29, 0.717) is 13.1 Å². The first-order valence-corrected chi connectivity index (χ1v) is 9.16. The number of guanidine groups is 1. The van der Waals surface area contributed by atoms with Gasteiger partial charge in [0, 0.05) is 28.8 Å². The molecule has 0 aromatic carbocycles. The Morgan fingerprint density at radius 2 is 1.96 bits per heavy atom. The fourth-order valence-corrected chi connectivity index (χ4v) is 3.50. The Kier molecular flexibility index (Phi) is 7.20. The highest BCUT2D eigenvalue weighted by Crippen LogP contribution is 2.16. The highest BCUT2D eigenvalue weighted by atomic mass is 127. The van der Waals surface area contributed by atoms with Crippen LogP contribution in [0.3, 0.4) is 0 Å². The number of nitrogens with zero attached hydrogens (tertiary/aromatic N) is 4. The van der Waals surface area contributed by atoms with Crippen LogP contribution in [0.25, 0.3) is 5.65 Å². The lowest BCUT2D eigenvalue weighted by Crippen LogP contribution is -2.36. The monoisotopic (exact) mass is 534 g/mol. The van der Waals surface area contributed by atoms with Gasteiger partial charge in [0.1, 0.15) is 10.7 Å². The van der Waals surface area contributed by atoms with Crippen molar-refractivity contribution in [3.8, 4) is 0 Å². The first kappa shape index (κ1) is 20.1. The first-order valence-electron chi connectivity index (χ1n) is 7.55. The molecule has 0 aliphatic rings. The third-order valence-electron chi connectivity index (χ3n) is 3.61. The summed E-state index contributed by atoms with van der Waals surface area (Å²) in [6, 6.07) is 3.96. The van der Waals surface area contributed by atoms with Crippen LogP contribution in [0.5, 0.6) is 0 Å². The Morgan fingerprint density at radius 1 is 1.20 bits per heavy atom. The fourth-order valence-electron chi connectivity index (χ4n) is 2.27. The highest BCUT2D eigenvalue weighted by molar-refractivity contribution is 14.0. The van der Waals surface area contributed by atoms with Gasteiger partial charge in [0.25, 0.3) is 0 Å². The largest absolute Gasteiger partial charge is 0.351 e. The van der Waals surface area contributed by atoms with Gasteiger partial charge in [-0.05, 0) is 41.9 Å². The number of hydrogen-bond donors (Lipinski definition) is 2. The molecule has 3 aromatic rings. The van der Waals surface area contributed by atoms with E-state index in [0.717, 1.165) is 32.5 Å². The van der Waals surface area contributed by atoms with Gasteiger partial charge in [-0.2, -0.15) is 0 Å².